The SMILES string of the molecule is CCNC(=NCC(C)C)NCCCN(Cc1cccnc1)C(=O)OC(C)(C)C. The number of aromatic nitrogens is 1. The summed E-state index contributed by atoms with van der Waals surface area (Å²) in [5.41, 5.74) is 0.456. The van der Waals surface area contributed by atoms with Crippen molar-refractivity contribution in [1.82, 2.24) is 20.5 Å². The van der Waals surface area contributed by atoms with Crippen LogP contribution in [-0.4, -0.2) is 53.7 Å². The summed E-state index contributed by atoms with van der Waals surface area (Å²) in [5.74, 6) is 1.32. The van der Waals surface area contributed by atoms with E-state index in [-0.39, 0.29) is 6.09 Å². The van der Waals surface area contributed by atoms with Gasteiger partial charge in [-0.05, 0) is 51.7 Å². The summed E-state index contributed by atoms with van der Waals surface area (Å²) in [6, 6.07) is 3.84. The molecular weight excluding hydrogens is 354 g/mol. The van der Waals surface area contributed by atoms with E-state index in [1.54, 1.807) is 17.3 Å². The highest BCUT2D eigenvalue weighted by atomic mass is 16.6. The van der Waals surface area contributed by atoms with Gasteiger partial charge in [0.1, 0.15) is 5.60 Å². The van der Waals surface area contributed by atoms with Crippen LogP contribution in [0.4, 0.5) is 4.79 Å². The summed E-state index contributed by atoms with van der Waals surface area (Å²) in [6.45, 7) is 15.3. The number of carbonyl (C=O) groups excluding carboxylic acids is 1. The van der Waals surface area contributed by atoms with Gasteiger partial charge in [0.15, 0.2) is 5.96 Å². The molecule has 0 saturated carbocycles. The van der Waals surface area contributed by atoms with Crippen molar-refractivity contribution in [3.63, 3.8) is 0 Å². The molecule has 1 rings (SSSR count). The summed E-state index contributed by atoms with van der Waals surface area (Å²) < 4.78 is 5.56. The highest BCUT2D eigenvalue weighted by Crippen LogP contribution is 2.12. The summed E-state index contributed by atoms with van der Waals surface area (Å²) in [4.78, 5) is 23.0. The zero-order valence-electron chi connectivity index (χ0n) is 18.3. The van der Waals surface area contributed by atoms with Crippen molar-refractivity contribution < 1.29 is 9.53 Å². The van der Waals surface area contributed by atoms with Gasteiger partial charge >= 0.3 is 6.09 Å². The molecule has 0 fully saturated rings. The first-order chi connectivity index (χ1) is 13.2. The van der Waals surface area contributed by atoms with E-state index in [1.807, 2.05) is 39.8 Å². The Balaban J connectivity index is 2.62. The zero-order chi connectivity index (χ0) is 21.0. The number of guanidine groups is 1. The molecule has 0 aliphatic rings. The summed E-state index contributed by atoms with van der Waals surface area (Å²) >= 11 is 0. The topological polar surface area (TPSA) is 78.9 Å². The van der Waals surface area contributed by atoms with Gasteiger partial charge < -0.3 is 20.3 Å². The number of rotatable bonds is 9. The van der Waals surface area contributed by atoms with Crippen LogP contribution < -0.4 is 10.6 Å². The van der Waals surface area contributed by atoms with Crippen LogP contribution in [0.25, 0.3) is 0 Å². The molecular formula is C21H37N5O2. The molecule has 1 amide bonds. The molecule has 28 heavy (non-hydrogen) atoms. The van der Waals surface area contributed by atoms with Crippen molar-refractivity contribution in [2.75, 3.05) is 26.2 Å². The second-order valence-electron chi connectivity index (χ2n) is 8.16. The second kappa shape index (κ2) is 12.2. The van der Waals surface area contributed by atoms with Crippen LogP contribution in [0.5, 0.6) is 0 Å². The largest absolute Gasteiger partial charge is 0.444 e. The number of nitrogens with zero attached hydrogens (tertiary/aromatic N) is 3. The first kappa shape index (κ1) is 23.7. The van der Waals surface area contributed by atoms with Gasteiger partial charge in [-0.25, -0.2) is 4.79 Å². The lowest BCUT2D eigenvalue weighted by Crippen LogP contribution is -2.40. The number of carbonyl (C=O) groups is 1. The minimum absolute atomic E-state index is 0.309. The van der Waals surface area contributed by atoms with Crippen molar-refractivity contribution in [3.8, 4) is 0 Å². The first-order valence-electron chi connectivity index (χ1n) is 10.1. The number of hydrogen-bond donors (Lipinski definition) is 2. The number of aliphatic imine (C=N–C) groups is 1. The van der Waals surface area contributed by atoms with Crippen molar-refractivity contribution >= 4 is 12.1 Å². The fraction of sp³-hybridized carbons (Fsp3) is 0.667. The van der Waals surface area contributed by atoms with E-state index < -0.39 is 5.60 Å². The molecule has 0 aromatic carbocycles. The average molecular weight is 392 g/mol. The standard InChI is InChI=1S/C21H37N5O2/c1-7-23-19(25-14-17(2)3)24-12-9-13-26(20(27)28-21(4,5)6)16-18-10-8-11-22-15-18/h8,10-11,15,17H,7,9,12-14,16H2,1-6H3,(H2,23,24,25). The normalized spacial score (nSPS) is 12.0. The van der Waals surface area contributed by atoms with Crippen molar-refractivity contribution in [1.29, 1.82) is 0 Å². The van der Waals surface area contributed by atoms with Gasteiger partial charge in [0.05, 0.1) is 6.54 Å². The predicted molar refractivity (Wildman–Crippen MR) is 114 cm³/mol. The van der Waals surface area contributed by atoms with E-state index in [1.165, 1.54) is 0 Å². The quantitative estimate of drug-likeness (QED) is 0.383. The Kier molecular flexibility index (Phi) is 10.3. The molecule has 0 bridgehead atoms. The van der Waals surface area contributed by atoms with E-state index in [2.05, 4.69) is 34.5 Å². The molecule has 2 N–H and O–H groups in total. The fourth-order valence-corrected chi connectivity index (χ4v) is 2.37. The summed E-state index contributed by atoms with van der Waals surface area (Å²) in [7, 11) is 0. The molecule has 1 aromatic heterocycles. The van der Waals surface area contributed by atoms with Gasteiger partial charge in [-0.15, -0.1) is 0 Å². The van der Waals surface area contributed by atoms with Crippen LogP contribution in [-0.2, 0) is 11.3 Å². The van der Waals surface area contributed by atoms with E-state index in [9.17, 15) is 4.79 Å². The Morgan fingerprint density at radius 1 is 1.32 bits per heavy atom. The van der Waals surface area contributed by atoms with Crippen molar-refractivity contribution in [2.24, 2.45) is 10.9 Å². The molecule has 0 spiro atoms. The van der Waals surface area contributed by atoms with Gasteiger partial charge in [0.25, 0.3) is 0 Å². The molecule has 0 aliphatic carbocycles. The van der Waals surface area contributed by atoms with Crippen LogP contribution in [0.3, 0.4) is 0 Å². The van der Waals surface area contributed by atoms with Crippen LogP contribution >= 0.6 is 0 Å². The van der Waals surface area contributed by atoms with Gasteiger partial charge in [-0.2, -0.15) is 0 Å². The van der Waals surface area contributed by atoms with Crippen LogP contribution in [0.1, 0.15) is 53.5 Å². The Hall–Kier alpha value is -2.31. The Morgan fingerprint density at radius 3 is 2.64 bits per heavy atom. The van der Waals surface area contributed by atoms with Gasteiger partial charge in [0, 0.05) is 38.6 Å². The Labute approximate surface area is 170 Å². The van der Waals surface area contributed by atoms with E-state index >= 15 is 0 Å². The number of hydrogen-bond acceptors (Lipinski definition) is 4. The maximum Gasteiger partial charge on any atom is 0.410 e. The molecule has 7 nitrogen and oxygen atoms in total. The van der Waals surface area contributed by atoms with Crippen LogP contribution in [0.2, 0.25) is 0 Å². The third-order valence-corrected chi connectivity index (χ3v) is 3.60. The number of ether oxygens (including phenoxy) is 1. The molecule has 158 valence electrons. The number of pyridine rings is 1. The molecule has 0 saturated heterocycles. The van der Waals surface area contributed by atoms with Crippen molar-refractivity contribution in [3.05, 3.63) is 30.1 Å². The third-order valence-electron chi connectivity index (χ3n) is 3.60. The van der Waals surface area contributed by atoms with Gasteiger partial charge in [0.2, 0.25) is 0 Å². The zero-order valence-corrected chi connectivity index (χ0v) is 18.3. The molecule has 0 aliphatic heterocycles. The minimum Gasteiger partial charge on any atom is -0.444 e. The number of amides is 1. The van der Waals surface area contributed by atoms with E-state index in [4.69, 9.17) is 4.74 Å². The lowest BCUT2D eigenvalue weighted by Gasteiger charge is -2.27. The van der Waals surface area contributed by atoms with E-state index in [0.717, 1.165) is 37.6 Å². The first-order valence-corrected chi connectivity index (χ1v) is 10.1. The maximum absolute atomic E-state index is 12.6. The Morgan fingerprint density at radius 2 is 2.07 bits per heavy atom. The predicted octanol–water partition coefficient (Wildman–Crippen LogP) is 3.42. The smallest absolute Gasteiger partial charge is 0.410 e. The number of nitrogens with one attached hydrogen (secondary N) is 2. The summed E-state index contributed by atoms with van der Waals surface area (Å²) in [6.07, 6.45) is 3.98. The Bertz CT molecular complexity index is 597. The lowest BCUT2D eigenvalue weighted by molar-refractivity contribution is 0.0232. The summed E-state index contributed by atoms with van der Waals surface area (Å²) in [5, 5.41) is 6.58. The van der Waals surface area contributed by atoms with E-state index in [0.29, 0.717) is 19.0 Å². The van der Waals surface area contributed by atoms with Crippen molar-refractivity contribution in [2.45, 2.75) is 60.1 Å². The molecule has 0 radical (unpaired) electrons. The monoisotopic (exact) mass is 391 g/mol. The molecule has 1 aromatic rings. The maximum atomic E-state index is 12.6. The average Bonchev–Trinajstić information content (AvgIpc) is 2.61. The lowest BCUT2D eigenvalue weighted by atomic mass is 10.2. The highest BCUT2D eigenvalue weighted by Gasteiger charge is 2.22. The molecule has 7 heteroatoms. The fourth-order valence-electron chi connectivity index (χ4n) is 2.37. The third kappa shape index (κ3) is 10.7. The molecule has 0 atom stereocenters. The second-order valence-corrected chi connectivity index (χ2v) is 8.16. The van der Waals surface area contributed by atoms with Crippen LogP contribution in [0, 0.1) is 5.92 Å². The van der Waals surface area contributed by atoms with Gasteiger partial charge in [-0.3, -0.25) is 9.98 Å². The molecule has 1 heterocycles. The van der Waals surface area contributed by atoms with Crippen LogP contribution in [0.15, 0.2) is 29.5 Å². The highest BCUT2D eigenvalue weighted by molar-refractivity contribution is 5.79. The minimum atomic E-state index is -0.524. The molecule has 0 unspecified atom stereocenters. The van der Waals surface area contributed by atoms with Gasteiger partial charge in [-0.1, -0.05) is 19.9 Å².